The molecule has 2 heterocycles. The highest BCUT2D eigenvalue weighted by Gasteiger charge is 2.33. The molecule has 2 nitrogen and oxygen atoms in total. The Hall–Kier alpha value is -0.960. The number of halogens is 1. The summed E-state index contributed by atoms with van der Waals surface area (Å²) in [5.74, 6) is 0. The molecule has 0 saturated carbocycles. The van der Waals surface area contributed by atoms with E-state index < -0.39 is 5.67 Å². The number of hydrogen-bond donors (Lipinski definition) is 1. The third-order valence-electron chi connectivity index (χ3n) is 2.70. The first-order valence-corrected chi connectivity index (χ1v) is 6.43. The second-order valence-corrected chi connectivity index (χ2v) is 4.71. The Morgan fingerprint density at radius 1 is 1.41 bits per heavy atom. The number of pyridine rings is 1. The van der Waals surface area contributed by atoms with E-state index >= 15 is 0 Å². The van der Waals surface area contributed by atoms with Crippen molar-refractivity contribution in [3.63, 3.8) is 0 Å². The molecule has 0 spiro atoms. The van der Waals surface area contributed by atoms with Crippen molar-refractivity contribution in [2.75, 3.05) is 6.54 Å². The summed E-state index contributed by atoms with van der Waals surface area (Å²) < 4.78 is 14.0. The minimum atomic E-state index is -1.32. The quantitative estimate of drug-likeness (QED) is 0.811. The van der Waals surface area contributed by atoms with Crippen LogP contribution in [0.2, 0.25) is 0 Å². The number of nitrogens with one attached hydrogen (secondary N) is 1. The van der Waals surface area contributed by atoms with E-state index in [-0.39, 0.29) is 0 Å². The summed E-state index contributed by atoms with van der Waals surface area (Å²) in [5, 5.41) is 3.07. The fraction of sp³-hybridized carbons (Fsp3) is 0.643. The molecule has 1 aromatic rings. The normalized spacial score (nSPS) is 22.4. The predicted octanol–water partition coefficient (Wildman–Crippen LogP) is 3.35. The van der Waals surface area contributed by atoms with Crippen molar-refractivity contribution in [3.05, 3.63) is 29.1 Å². The fourth-order valence-electron chi connectivity index (χ4n) is 1.87. The molecular formula is C14H23FN2. The van der Waals surface area contributed by atoms with E-state index in [1.807, 2.05) is 6.07 Å². The van der Waals surface area contributed by atoms with Gasteiger partial charge in [-0.05, 0) is 24.5 Å². The number of alkyl halides is 1. The van der Waals surface area contributed by atoms with Crippen LogP contribution in [0, 0.1) is 0 Å². The summed E-state index contributed by atoms with van der Waals surface area (Å²) in [6, 6.07) is 2.05. The number of nitrogens with zero attached hydrogens (tertiary/aromatic N) is 1. The van der Waals surface area contributed by atoms with Crippen LogP contribution in [0.5, 0.6) is 0 Å². The Labute approximate surface area is 104 Å². The topological polar surface area (TPSA) is 24.9 Å². The molecular weight excluding hydrogens is 215 g/mol. The molecule has 0 fully saturated rings. The number of rotatable bonds is 1. The third-order valence-corrected chi connectivity index (χ3v) is 2.70. The molecule has 0 radical (unpaired) electrons. The van der Waals surface area contributed by atoms with Crippen LogP contribution in [0.15, 0.2) is 12.3 Å². The minimum Gasteiger partial charge on any atom is -0.309 e. The van der Waals surface area contributed by atoms with E-state index in [0.29, 0.717) is 12.2 Å². The van der Waals surface area contributed by atoms with Crippen molar-refractivity contribution < 1.29 is 4.39 Å². The van der Waals surface area contributed by atoms with E-state index in [1.54, 1.807) is 13.1 Å². The van der Waals surface area contributed by atoms with Gasteiger partial charge in [-0.1, -0.05) is 33.3 Å². The van der Waals surface area contributed by atoms with Gasteiger partial charge in [0, 0.05) is 19.3 Å². The van der Waals surface area contributed by atoms with Gasteiger partial charge in [-0.15, -0.1) is 0 Å². The van der Waals surface area contributed by atoms with Crippen molar-refractivity contribution in [2.45, 2.75) is 52.8 Å². The highest BCUT2D eigenvalue weighted by Crippen LogP contribution is 2.29. The molecule has 1 aliphatic rings. The monoisotopic (exact) mass is 238 g/mol. The Morgan fingerprint density at radius 2 is 2.06 bits per heavy atom. The zero-order valence-electron chi connectivity index (χ0n) is 11.3. The van der Waals surface area contributed by atoms with Gasteiger partial charge in [-0.3, -0.25) is 4.98 Å². The average molecular weight is 238 g/mol. The smallest absolute Gasteiger partial charge is 0.162 e. The van der Waals surface area contributed by atoms with Gasteiger partial charge in [0.2, 0.25) is 0 Å². The van der Waals surface area contributed by atoms with Crippen molar-refractivity contribution in [2.24, 2.45) is 0 Å². The molecule has 17 heavy (non-hydrogen) atoms. The number of fused-ring (bicyclic) bond motifs is 1. The summed E-state index contributed by atoms with van der Waals surface area (Å²) in [4.78, 5) is 4.23. The number of aromatic nitrogens is 1. The van der Waals surface area contributed by atoms with Crippen LogP contribution in [0.3, 0.4) is 0 Å². The van der Waals surface area contributed by atoms with Crippen molar-refractivity contribution >= 4 is 0 Å². The maximum absolute atomic E-state index is 14.0. The van der Waals surface area contributed by atoms with Crippen molar-refractivity contribution in [3.8, 4) is 0 Å². The van der Waals surface area contributed by atoms with E-state index in [0.717, 1.165) is 18.5 Å². The standard InChI is InChI=1S/C11H15FN2.C3H8/c1-3-8-4-9-6-13-7-11(2,12)10(9)14-5-8;1-3-2/h4-5,13H,3,6-7H2,1-2H3;3H2,1-2H3. The van der Waals surface area contributed by atoms with Gasteiger partial charge in [0.05, 0.1) is 5.69 Å². The van der Waals surface area contributed by atoms with Crippen LogP contribution < -0.4 is 5.32 Å². The SMILES string of the molecule is CCC.CCc1cnc2c(c1)CNCC2(C)F. The van der Waals surface area contributed by atoms with Gasteiger partial charge in [0.25, 0.3) is 0 Å². The van der Waals surface area contributed by atoms with E-state index in [4.69, 9.17) is 0 Å². The van der Waals surface area contributed by atoms with Crippen LogP contribution in [-0.2, 0) is 18.6 Å². The van der Waals surface area contributed by atoms with Gasteiger partial charge in [-0.25, -0.2) is 4.39 Å². The Bertz CT molecular complexity index is 361. The highest BCUT2D eigenvalue weighted by molar-refractivity contribution is 5.31. The van der Waals surface area contributed by atoms with E-state index in [2.05, 4.69) is 31.1 Å². The largest absolute Gasteiger partial charge is 0.309 e. The zero-order chi connectivity index (χ0) is 12.9. The van der Waals surface area contributed by atoms with Crippen LogP contribution in [0.1, 0.15) is 50.9 Å². The second-order valence-electron chi connectivity index (χ2n) is 4.71. The molecule has 1 unspecified atom stereocenters. The molecule has 3 heteroatoms. The first-order valence-electron chi connectivity index (χ1n) is 6.43. The number of aryl methyl sites for hydroxylation is 1. The number of hydrogen-bond acceptors (Lipinski definition) is 2. The Morgan fingerprint density at radius 3 is 2.65 bits per heavy atom. The van der Waals surface area contributed by atoms with Crippen LogP contribution >= 0.6 is 0 Å². The first kappa shape index (κ1) is 14.1. The zero-order valence-corrected chi connectivity index (χ0v) is 11.3. The molecule has 1 aliphatic heterocycles. The lowest BCUT2D eigenvalue weighted by Crippen LogP contribution is -2.38. The van der Waals surface area contributed by atoms with Crippen molar-refractivity contribution in [1.29, 1.82) is 0 Å². The molecule has 1 N–H and O–H groups in total. The molecule has 0 aliphatic carbocycles. The maximum atomic E-state index is 14.0. The van der Waals surface area contributed by atoms with Crippen LogP contribution in [0.4, 0.5) is 4.39 Å². The summed E-state index contributed by atoms with van der Waals surface area (Å²) >= 11 is 0. The Kier molecular flexibility index (Phi) is 5.06. The molecule has 0 amide bonds. The molecule has 96 valence electrons. The van der Waals surface area contributed by atoms with Gasteiger partial charge >= 0.3 is 0 Å². The lowest BCUT2D eigenvalue weighted by molar-refractivity contribution is 0.166. The third kappa shape index (κ3) is 3.50. The molecule has 0 saturated heterocycles. The summed E-state index contributed by atoms with van der Waals surface area (Å²) in [7, 11) is 0. The molecule has 0 bridgehead atoms. The Balaban J connectivity index is 0.000000437. The van der Waals surface area contributed by atoms with Crippen LogP contribution in [0.25, 0.3) is 0 Å². The minimum absolute atomic E-state index is 0.360. The maximum Gasteiger partial charge on any atom is 0.162 e. The summed E-state index contributed by atoms with van der Waals surface area (Å²) in [5.41, 5.74) is 1.46. The van der Waals surface area contributed by atoms with Gasteiger partial charge in [0.15, 0.2) is 5.67 Å². The summed E-state index contributed by atoms with van der Waals surface area (Å²) in [6.07, 6.45) is 3.98. The highest BCUT2D eigenvalue weighted by atomic mass is 19.1. The van der Waals surface area contributed by atoms with Gasteiger partial charge in [-0.2, -0.15) is 0 Å². The molecule has 1 aromatic heterocycles. The van der Waals surface area contributed by atoms with E-state index in [1.165, 1.54) is 12.0 Å². The predicted molar refractivity (Wildman–Crippen MR) is 69.7 cm³/mol. The fourth-order valence-corrected chi connectivity index (χ4v) is 1.87. The van der Waals surface area contributed by atoms with Crippen molar-refractivity contribution in [1.82, 2.24) is 10.3 Å². The lowest BCUT2D eigenvalue weighted by Gasteiger charge is -2.28. The van der Waals surface area contributed by atoms with Gasteiger partial charge in [0.1, 0.15) is 0 Å². The molecule has 2 rings (SSSR count). The first-order chi connectivity index (χ1) is 8.05. The van der Waals surface area contributed by atoms with E-state index in [9.17, 15) is 4.39 Å². The molecule has 0 aromatic carbocycles. The summed E-state index contributed by atoms with van der Waals surface area (Å²) in [6.45, 7) is 9.00. The molecule has 1 atom stereocenters. The lowest BCUT2D eigenvalue weighted by atomic mass is 9.94. The van der Waals surface area contributed by atoms with Gasteiger partial charge < -0.3 is 5.32 Å². The van der Waals surface area contributed by atoms with Crippen LogP contribution in [-0.4, -0.2) is 11.5 Å². The average Bonchev–Trinajstić information content (AvgIpc) is 2.29. The second kappa shape index (κ2) is 6.10.